The van der Waals surface area contributed by atoms with Crippen molar-refractivity contribution in [3.8, 4) is 17.1 Å². The van der Waals surface area contributed by atoms with Crippen molar-refractivity contribution in [2.24, 2.45) is 0 Å². The van der Waals surface area contributed by atoms with Gasteiger partial charge in [-0.3, -0.25) is 0 Å². The number of aryl methyl sites for hydroxylation is 1. The molecule has 0 aliphatic rings. The Kier molecular flexibility index (Phi) is 2.30. The van der Waals surface area contributed by atoms with Gasteiger partial charge in [-0.25, -0.2) is 9.37 Å². The Labute approximate surface area is 103 Å². The summed E-state index contributed by atoms with van der Waals surface area (Å²) in [5.74, 6) is 0.260. The van der Waals surface area contributed by atoms with Crippen molar-refractivity contribution in [2.45, 2.75) is 6.92 Å². The lowest BCUT2D eigenvalue weighted by molar-refractivity contribution is 0.473. The molecule has 3 nitrogen and oxygen atoms in total. The van der Waals surface area contributed by atoms with E-state index in [9.17, 15) is 9.50 Å². The van der Waals surface area contributed by atoms with Crippen LogP contribution in [0, 0.1) is 12.7 Å². The van der Waals surface area contributed by atoms with Crippen LogP contribution in [0.3, 0.4) is 0 Å². The summed E-state index contributed by atoms with van der Waals surface area (Å²) in [6.07, 6.45) is 0. The first-order chi connectivity index (χ1) is 8.66. The predicted molar refractivity (Wildman–Crippen MR) is 67.9 cm³/mol. The molecule has 3 rings (SSSR count). The summed E-state index contributed by atoms with van der Waals surface area (Å²) in [6.45, 7) is 1.81. The lowest BCUT2D eigenvalue weighted by Gasteiger charge is -2.03. The molecule has 0 amide bonds. The van der Waals surface area contributed by atoms with Gasteiger partial charge < -0.3 is 10.1 Å². The Morgan fingerprint density at radius 2 is 1.94 bits per heavy atom. The van der Waals surface area contributed by atoms with Gasteiger partial charge in [0, 0.05) is 0 Å². The van der Waals surface area contributed by atoms with E-state index in [0.717, 1.165) is 5.56 Å². The largest absolute Gasteiger partial charge is 0.507 e. The van der Waals surface area contributed by atoms with Crippen LogP contribution in [0.5, 0.6) is 5.75 Å². The highest BCUT2D eigenvalue weighted by molar-refractivity contribution is 5.81. The maximum Gasteiger partial charge on any atom is 0.151 e. The average molecular weight is 242 g/mol. The Morgan fingerprint density at radius 3 is 2.72 bits per heavy atom. The van der Waals surface area contributed by atoms with Crippen LogP contribution in [0.4, 0.5) is 4.39 Å². The first-order valence-corrected chi connectivity index (χ1v) is 5.60. The SMILES string of the molecule is Cc1cccc(-c2nc3c(F)cccc3[nH]2)c1O. The summed E-state index contributed by atoms with van der Waals surface area (Å²) in [4.78, 5) is 7.20. The number of benzene rings is 2. The van der Waals surface area contributed by atoms with Gasteiger partial charge in [-0.15, -0.1) is 0 Å². The number of imidazole rings is 1. The first kappa shape index (κ1) is 10.8. The van der Waals surface area contributed by atoms with Crippen molar-refractivity contribution in [3.63, 3.8) is 0 Å². The van der Waals surface area contributed by atoms with E-state index in [4.69, 9.17) is 0 Å². The minimum atomic E-state index is -0.373. The number of fused-ring (bicyclic) bond motifs is 1. The van der Waals surface area contributed by atoms with Gasteiger partial charge in [0.25, 0.3) is 0 Å². The molecule has 0 bridgehead atoms. The average Bonchev–Trinajstić information content (AvgIpc) is 2.78. The van der Waals surface area contributed by atoms with Crippen LogP contribution < -0.4 is 0 Å². The van der Waals surface area contributed by atoms with E-state index in [1.165, 1.54) is 6.07 Å². The summed E-state index contributed by atoms with van der Waals surface area (Å²) in [6, 6.07) is 10.1. The lowest BCUT2D eigenvalue weighted by atomic mass is 10.1. The van der Waals surface area contributed by atoms with Crippen LogP contribution in [-0.2, 0) is 0 Å². The van der Waals surface area contributed by atoms with Gasteiger partial charge in [0.05, 0.1) is 11.1 Å². The van der Waals surface area contributed by atoms with Crippen molar-refractivity contribution in [1.29, 1.82) is 0 Å². The number of rotatable bonds is 1. The van der Waals surface area contributed by atoms with Gasteiger partial charge in [0.2, 0.25) is 0 Å². The Bertz CT molecular complexity index is 734. The van der Waals surface area contributed by atoms with Crippen molar-refractivity contribution in [3.05, 3.63) is 47.8 Å². The number of phenols is 1. The number of hydrogen-bond acceptors (Lipinski definition) is 2. The topological polar surface area (TPSA) is 48.9 Å². The molecule has 90 valence electrons. The molecule has 2 aromatic carbocycles. The Hall–Kier alpha value is -2.36. The number of hydrogen-bond donors (Lipinski definition) is 2. The molecule has 3 aromatic rings. The fourth-order valence-corrected chi connectivity index (χ4v) is 1.97. The monoisotopic (exact) mass is 242 g/mol. The summed E-state index contributed by atoms with van der Waals surface area (Å²) in [5.41, 5.74) is 2.23. The second kappa shape index (κ2) is 3.84. The minimum absolute atomic E-state index is 0.164. The van der Waals surface area contributed by atoms with Crippen LogP contribution in [0.2, 0.25) is 0 Å². The number of para-hydroxylation sites is 2. The van der Waals surface area contributed by atoms with E-state index >= 15 is 0 Å². The Balaban J connectivity index is 2.26. The van der Waals surface area contributed by atoms with E-state index in [1.807, 2.05) is 19.1 Å². The van der Waals surface area contributed by atoms with E-state index < -0.39 is 0 Å². The molecule has 0 unspecified atom stereocenters. The number of H-pyrrole nitrogens is 1. The van der Waals surface area contributed by atoms with Crippen molar-refractivity contribution in [1.82, 2.24) is 9.97 Å². The number of nitrogens with zero attached hydrogens (tertiary/aromatic N) is 1. The van der Waals surface area contributed by atoms with Crippen LogP contribution >= 0.6 is 0 Å². The summed E-state index contributed by atoms with van der Waals surface area (Å²) < 4.78 is 13.6. The molecule has 0 radical (unpaired) electrons. The Morgan fingerprint density at radius 1 is 1.17 bits per heavy atom. The zero-order chi connectivity index (χ0) is 12.7. The highest BCUT2D eigenvalue weighted by Gasteiger charge is 2.12. The molecule has 4 heteroatoms. The molecular formula is C14H11FN2O. The third-order valence-corrected chi connectivity index (χ3v) is 2.96. The van der Waals surface area contributed by atoms with Crippen molar-refractivity contribution >= 4 is 11.0 Å². The molecule has 2 N–H and O–H groups in total. The van der Waals surface area contributed by atoms with Gasteiger partial charge in [-0.2, -0.15) is 0 Å². The van der Waals surface area contributed by atoms with E-state index in [1.54, 1.807) is 18.2 Å². The molecule has 0 fully saturated rings. The van der Waals surface area contributed by atoms with Gasteiger partial charge in [0.1, 0.15) is 17.1 Å². The van der Waals surface area contributed by atoms with Crippen molar-refractivity contribution < 1.29 is 9.50 Å². The van der Waals surface area contributed by atoms with Gasteiger partial charge >= 0.3 is 0 Å². The molecule has 0 aliphatic carbocycles. The lowest BCUT2D eigenvalue weighted by Crippen LogP contribution is -1.84. The number of phenolic OH excluding ortho intramolecular Hbond substituents is 1. The normalized spacial score (nSPS) is 11.0. The van der Waals surface area contributed by atoms with E-state index in [0.29, 0.717) is 16.9 Å². The zero-order valence-corrected chi connectivity index (χ0v) is 9.74. The molecule has 1 aromatic heterocycles. The number of aromatic hydroxyl groups is 1. The number of aromatic nitrogens is 2. The van der Waals surface area contributed by atoms with Crippen LogP contribution in [0.25, 0.3) is 22.4 Å². The minimum Gasteiger partial charge on any atom is -0.507 e. The van der Waals surface area contributed by atoms with Crippen LogP contribution in [0.1, 0.15) is 5.56 Å². The number of aromatic amines is 1. The van der Waals surface area contributed by atoms with Crippen LogP contribution in [0.15, 0.2) is 36.4 Å². The number of halogens is 1. The molecule has 0 spiro atoms. The number of nitrogens with one attached hydrogen (secondary N) is 1. The zero-order valence-electron chi connectivity index (χ0n) is 9.74. The quantitative estimate of drug-likeness (QED) is 0.687. The highest BCUT2D eigenvalue weighted by Crippen LogP contribution is 2.31. The van der Waals surface area contributed by atoms with Gasteiger partial charge in [0.15, 0.2) is 5.82 Å². The predicted octanol–water partition coefficient (Wildman–Crippen LogP) is 3.38. The smallest absolute Gasteiger partial charge is 0.151 e. The molecule has 0 aliphatic heterocycles. The maximum absolute atomic E-state index is 13.6. The van der Waals surface area contributed by atoms with Gasteiger partial charge in [-0.1, -0.05) is 18.2 Å². The molecular weight excluding hydrogens is 231 g/mol. The third-order valence-electron chi connectivity index (χ3n) is 2.96. The standard InChI is InChI=1S/C14H11FN2O/c1-8-4-2-5-9(13(8)18)14-16-11-7-3-6-10(15)12(11)17-14/h2-7,18H,1H3,(H,16,17). The van der Waals surface area contributed by atoms with Crippen molar-refractivity contribution in [2.75, 3.05) is 0 Å². The van der Waals surface area contributed by atoms with Crippen LogP contribution in [-0.4, -0.2) is 15.1 Å². The fourth-order valence-electron chi connectivity index (χ4n) is 1.97. The molecule has 0 saturated carbocycles. The fraction of sp³-hybridized carbons (Fsp3) is 0.0714. The molecule has 0 atom stereocenters. The third kappa shape index (κ3) is 1.54. The second-order valence-corrected chi connectivity index (χ2v) is 4.19. The second-order valence-electron chi connectivity index (χ2n) is 4.19. The summed E-state index contributed by atoms with van der Waals surface area (Å²) in [7, 11) is 0. The summed E-state index contributed by atoms with van der Waals surface area (Å²) >= 11 is 0. The maximum atomic E-state index is 13.6. The summed E-state index contributed by atoms with van der Waals surface area (Å²) in [5, 5.41) is 9.99. The van der Waals surface area contributed by atoms with E-state index in [2.05, 4.69) is 9.97 Å². The van der Waals surface area contributed by atoms with Gasteiger partial charge in [-0.05, 0) is 30.7 Å². The highest BCUT2D eigenvalue weighted by atomic mass is 19.1. The first-order valence-electron chi connectivity index (χ1n) is 5.60. The van der Waals surface area contributed by atoms with E-state index in [-0.39, 0.29) is 17.1 Å². The molecule has 18 heavy (non-hydrogen) atoms. The molecule has 1 heterocycles. The molecule has 0 saturated heterocycles.